The molecule has 1 aliphatic heterocycles. The molecule has 2 aromatic carbocycles. The van der Waals surface area contributed by atoms with E-state index < -0.39 is 0 Å². The number of hydrogen-bond acceptors (Lipinski definition) is 1. The number of alkyl halides is 1. The van der Waals surface area contributed by atoms with E-state index in [1.807, 2.05) is 11.8 Å². The molecule has 0 saturated carbocycles. The molecule has 90 valence electrons. The SMILES string of the molecule is ClC/C=C1\c2ccccc2CSc2ccccc21. The van der Waals surface area contributed by atoms with Crippen molar-refractivity contribution in [2.75, 3.05) is 5.88 Å². The molecule has 3 rings (SSSR count). The largest absolute Gasteiger partial charge is 0.122 e. The number of thioether (sulfide) groups is 1. The van der Waals surface area contributed by atoms with Gasteiger partial charge in [0.15, 0.2) is 0 Å². The highest BCUT2D eigenvalue weighted by atomic mass is 35.5. The molecular formula is C16H13ClS. The topological polar surface area (TPSA) is 0 Å². The first-order chi connectivity index (χ1) is 8.90. The molecule has 0 nitrogen and oxygen atoms in total. The molecule has 1 heterocycles. The van der Waals surface area contributed by atoms with Crippen LogP contribution in [-0.4, -0.2) is 5.88 Å². The van der Waals surface area contributed by atoms with Crippen LogP contribution in [0.2, 0.25) is 0 Å². The fraction of sp³-hybridized carbons (Fsp3) is 0.125. The maximum absolute atomic E-state index is 5.94. The number of halogens is 1. The fourth-order valence-electron chi connectivity index (χ4n) is 2.32. The minimum Gasteiger partial charge on any atom is -0.122 e. The summed E-state index contributed by atoms with van der Waals surface area (Å²) in [7, 11) is 0. The van der Waals surface area contributed by atoms with Gasteiger partial charge in [0.2, 0.25) is 0 Å². The highest BCUT2D eigenvalue weighted by Crippen LogP contribution is 2.39. The summed E-state index contributed by atoms with van der Waals surface area (Å²) in [4.78, 5) is 1.34. The quantitative estimate of drug-likeness (QED) is 0.661. The average molecular weight is 273 g/mol. The van der Waals surface area contributed by atoms with Gasteiger partial charge in [0, 0.05) is 16.5 Å². The minimum atomic E-state index is 0.544. The van der Waals surface area contributed by atoms with Crippen molar-refractivity contribution >= 4 is 28.9 Å². The van der Waals surface area contributed by atoms with Crippen molar-refractivity contribution in [3.8, 4) is 0 Å². The summed E-state index contributed by atoms with van der Waals surface area (Å²) in [5.74, 6) is 1.56. The van der Waals surface area contributed by atoms with Gasteiger partial charge in [-0.3, -0.25) is 0 Å². The Hall–Kier alpha value is -1.18. The molecule has 0 atom stereocenters. The second-order valence-corrected chi connectivity index (χ2v) is 5.54. The van der Waals surface area contributed by atoms with Crippen molar-refractivity contribution in [2.24, 2.45) is 0 Å². The van der Waals surface area contributed by atoms with Crippen LogP contribution in [0.15, 0.2) is 59.5 Å². The Morgan fingerprint density at radius 1 is 1.00 bits per heavy atom. The van der Waals surface area contributed by atoms with Gasteiger partial charge in [-0.05, 0) is 28.3 Å². The van der Waals surface area contributed by atoms with Crippen molar-refractivity contribution in [2.45, 2.75) is 10.6 Å². The second kappa shape index (κ2) is 5.21. The normalized spacial score (nSPS) is 15.9. The molecule has 0 unspecified atom stereocenters. The first-order valence-corrected chi connectivity index (χ1v) is 7.49. The van der Waals surface area contributed by atoms with Crippen molar-refractivity contribution in [1.82, 2.24) is 0 Å². The average Bonchev–Trinajstić information content (AvgIpc) is 2.58. The molecule has 0 spiro atoms. The lowest BCUT2D eigenvalue weighted by atomic mass is 9.94. The lowest BCUT2D eigenvalue weighted by Gasteiger charge is -2.10. The van der Waals surface area contributed by atoms with Crippen molar-refractivity contribution in [3.05, 3.63) is 71.3 Å². The predicted molar refractivity (Wildman–Crippen MR) is 80.2 cm³/mol. The Kier molecular flexibility index (Phi) is 3.44. The zero-order chi connectivity index (χ0) is 12.4. The molecule has 0 aliphatic carbocycles. The van der Waals surface area contributed by atoms with Crippen LogP contribution in [0.4, 0.5) is 0 Å². The zero-order valence-corrected chi connectivity index (χ0v) is 11.5. The summed E-state index contributed by atoms with van der Waals surface area (Å²) in [6, 6.07) is 17.2. The van der Waals surface area contributed by atoms with E-state index in [9.17, 15) is 0 Å². The van der Waals surface area contributed by atoms with E-state index >= 15 is 0 Å². The lowest BCUT2D eigenvalue weighted by Crippen LogP contribution is -1.92. The number of rotatable bonds is 1. The first kappa shape index (κ1) is 11.9. The highest BCUT2D eigenvalue weighted by molar-refractivity contribution is 7.98. The number of hydrogen-bond donors (Lipinski definition) is 0. The van der Waals surface area contributed by atoms with E-state index in [0.29, 0.717) is 5.88 Å². The Morgan fingerprint density at radius 3 is 2.56 bits per heavy atom. The Balaban J connectivity index is 2.25. The molecule has 0 bridgehead atoms. The molecule has 0 N–H and O–H groups in total. The van der Waals surface area contributed by atoms with Gasteiger partial charge < -0.3 is 0 Å². The Labute approximate surface area is 117 Å². The molecule has 0 amide bonds. The van der Waals surface area contributed by atoms with Crippen molar-refractivity contribution in [1.29, 1.82) is 0 Å². The molecule has 2 heteroatoms. The second-order valence-electron chi connectivity index (χ2n) is 4.21. The third kappa shape index (κ3) is 2.09. The van der Waals surface area contributed by atoms with Gasteiger partial charge in [-0.25, -0.2) is 0 Å². The van der Waals surface area contributed by atoms with Gasteiger partial charge in [-0.2, -0.15) is 0 Å². The van der Waals surface area contributed by atoms with Crippen molar-refractivity contribution in [3.63, 3.8) is 0 Å². The minimum absolute atomic E-state index is 0.544. The summed E-state index contributed by atoms with van der Waals surface area (Å²) in [6.45, 7) is 0. The molecule has 1 aliphatic rings. The summed E-state index contributed by atoms with van der Waals surface area (Å²) >= 11 is 7.84. The van der Waals surface area contributed by atoms with Gasteiger partial charge in [0.05, 0.1) is 0 Å². The van der Waals surface area contributed by atoms with Crippen LogP contribution in [0, 0.1) is 0 Å². The van der Waals surface area contributed by atoms with Crippen LogP contribution >= 0.6 is 23.4 Å². The van der Waals surface area contributed by atoms with Gasteiger partial charge in [0.1, 0.15) is 0 Å². The molecule has 18 heavy (non-hydrogen) atoms. The van der Waals surface area contributed by atoms with E-state index in [-0.39, 0.29) is 0 Å². The van der Waals surface area contributed by atoms with Crippen molar-refractivity contribution < 1.29 is 0 Å². The van der Waals surface area contributed by atoms with Gasteiger partial charge in [0.25, 0.3) is 0 Å². The lowest BCUT2D eigenvalue weighted by molar-refractivity contribution is 1.38. The molecular weight excluding hydrogens is 260 g/mol. The van der Waals surface area contributed by atoms with Gasteiger partial charge >= 0.3 is 0 Å². The molecule has 0 radical (unpaired) electrons. The van der Waals surface area contributed by atoms with Gasteiger partial charge in [-0.1, -0.05) is 48.5 Å². The number of benzene rings is 2. The highest BCUT2D eigenvalue weighted by Gasteiger charge is 2.17. The predicted octanol–water partition coefficient (Wildman–Crippen LogP) is 4.96. The monoisotopic (exact) mass is 272 g/mol. The smallest absolute Gasteiger partial charge is 0.0413 e. The van der Waals surface area contributed by atoms with Crippen LogP contribution in [-0.2, 0) is 5.75 Å². The maximum Gasteiger partial charge on any atom is 0.0413 e. The maximum atomic E-state index is 5.94. The fourth-order valence-corrected chi connectivity index (χ4v) is 3.55. The first-order valence-electron chi connectivity index (χ1n) is 5.97. The molecule has 2 aromatic rings. The molecule has 0 saturated heterocycles. The van der Waals surface area contributed by atoms with E-state index in [2.05, 4.69) is 54.6 Å². The van der Waals surface area contributed by atoms with Crippen LogP contribution in [0.5, 0.6) is 0 Å². The molecule has 0 fully saturated rings. The summed E-state index contributed by atoms with van der Waals surface area (Å²) in [6.07, 6.45) is 2.12. The summed E-state index contributed by atoms with van der Waals surface area (Å²) in [5, 5.41) is 0. The van der Waals surface area contributed by atoms with Crippen LogP contribution in [0.3, 0.4) is 0 Å². The summed E-state index contributed by atoms with van der Waals surface area (Å²) < 4.78 is 0. The summed E-state index contributed by atoms with van der Waals surface area (Å²) in [5.41, 5.74) is 5.26. The Bertz CT molecular complexity index is 552. The third-order valence-corrected chi connectivity index (χ3v) is 4.43. The van der Waals surface area contributed by atoms with Gasteiger partial charge in [-0.15, -0.1) is 23.4 Å². The molecule has 0 aromatic heterocycles. The zero-order valence-electron chi connectivity index (χ0n) is 9.90. The van der Waals surface area contributed by atoms with E-state index in [1.165, 1.54) is 27.2 Å². The van der Waals surface area contributed by atoms with Crippen LogP contribution in [0.1, 0.15) is 16.7 Å². The Morgan fingerprint density at radius 2 is 1.72 bits per heavy atom. The van der Waals surface area contributed by atoms with E-state index in [1.54, 1.807) is 0 Å². The van der Waals surface area contributed by atoms with Crippen LogP contribution < -0.4 is 0 Å². The van der Waals surface area contributed by atoms with Crippen LogP contribution in [0.25, 0.3) is 5.57 Å². The number of allylic oxidation sites excluding steroid dienone is 1. The third-order valence-electron chi connectivity index (χ3n) is 3.15. The standard InChI is InChI=1S/C16H13ClS/c17-10-9-14-13-6-2-1-5-12(13)11-18-16-8-4-3-7-15(14)16/h1-9H,10-11H2/b14-9+. The number of fused-ring (bicyclic) bond motifs is 2. The van der Waals surface area contributed by atoms with E-state index in [4.69, 9.17) is 11.6 Å². The van der Waals surface area contributed by atoms with E-state index in [0.717, 1.165) is 5.75 Å².